The van der Waals surface area contributed by atoms with Crippen LogP contribution in [0.4, 0.5) is 22.9 Å². The van der Waals surface area contributed by atoms with Gasteiger partial charge in [-0.1, -0.05) is 66.7 Å². The highest BCUT2D eigenvalue weighted by Crippen LogP contribution is 2.52. The van der Waals surface area contributed by atoms with Gasteiger partial charge in [0.1, 0.15) is 6.17 Å². The Morgan fingerprint density at radius 1 is 0.643 bits per heavy atom. The number of fused-ring (bicyclic) bond motifs is 5. The van der Waals surface area contributed by atoms with Gasteiger partial charge >= 0.3 is 0 Å². The second-order valence-electron chi connectivity index (χ2n) is 7.28. The molecule has 3 heterocycles. The number of benzene rings is 3. The Kier molecular flexibility index (Phi) is 3.29. The van der Waals surface area contributed by atoms with E-state index >= 15 is 0 Å². The Bertz CT molecular complexity index is 1170. The first-order chi connectivity index (χ1) is 13.9. The molecule has 0 bridgehead atoms. The molecule has 2 aliphatic rings. The van der Waals surface area contributed by atoms with Crippen molar-refractivity contribution >= 4 is 22.9 Å². The summed E-state index contributed by atoms with van der Waals surface area (Å²) in [5.74, 6) is 1.04. The van der Waals surface area contributed by atoms with Crippen molar-refractivity contribution in [1.82, 2.24) is 4.98 Å². The largest absolute Gasteiger partial charge is 0.316 e. The molecule has 0 saturated heterocycles. The van der Waals surface area contributed by atoms with Crippen molar-refractivity contribution < 1.29 is 0 Å². The molecule has 1 unspecified atom stereocenters. The van der Waals surface area contributed by atoms with Crippen molar-refractivity contribution in [2.75, 3.05) is 9.80 Å². The molecule has 3 heteroatoms. The summed E-state index contributed by atoms with van der Waals surface area (Å²) in [4.78, 5) is 9.62. The standard InChI is InChI=1S/C25H19N3/c1-2-9-18(10-3-1)20-12-5-7-14-22(20)27-23-15-8-16-26-25(23)28-21-13-6-4-11-19(21)17-24(27)28/h1-16,24H,17H2. The van der Waals surface area contributed by atoms with Crippen molar-refractivity contribution in [2.45, 2.75) is 12.6 Å². The van der Waals surface area contributed by atoms with E-state index in [9.17, 15) is 0 Å². The third-order valence-electron chi connectivity index (χ3n) is 5.75. The van der Waals surface area contributed by atoms with E-state index in [1.54, 1.807) is 0 Å². The first-order valence-corrected chi connectivity index (χ1v) is 9.68. The minimum Gasteiger partial charge on any atom is -0.316 e. The van der Waals surface area contributed by atoms with Crippen LogP contribution < -0.4 is 9.80 Å². The molecule has 0 amide bonds. The average molecular weight is 361 g/mol. The highest BCUT2D eigenvalue weighted by molar-refractivity contribution is 5.93. The third-order valence-corrected chi connectivity index (χ3v) is 5.75. The molecule has 1 aromatic heterocycles. The first kappa shape index (κ1) is 15.5. The van der Waals surface area contributed by atoms with E-state index in [0.29, 0.717) is 0 Å². The Morgan fingerprint density at radius 2 is 1.36 bits per heavy atom. The van der Waals surface area contributed by atoms with Gasteiger partial charge in [-0.25, -0.2) is 4.98 Å². The van der Waals surface area contributed by atoms with Gasteiger partial charge in [0.2, 0.25) is 0 Å². The summed E-state index contributed by atoms with van der Waals surface area (Å²) in [6, 6.07) is 32.2. The van der Waals surface area contributed by atoms with Gasteiger partial charge in [0.05, 0.1) is 11.4 Å². The number of aromatic nitrogens is 1. The van der Waals surface area contributed by atoms with Crippen molar-refractivity contribution in [3.8, 4) is 11.1 Å². The van der Waals surface area contributed by atoms with Gasteiger partial charge in [-0.2, -0.15) is 0 Å². The predicted octanol–water partition coefficient (Wildman–Crippen LogP) is 5.92. The molecule has 0 aliphatic carbocycles. The minimum atomic E-state index is 0.215. The van der Waals surface area contributed by atoms with Crippen LogP contribution in [0.2, 0.25) is 0 Å². The number of anilines is 4. The number of para-hydroxylation sites is 2. The maximum atomic E-state index is 4.76. The van der Waals surface area contributed by atoms with Crippen molar-refractivity contribution in [3.05, 3.63) is 103 Å². The van der Waals surface area contributed by atoms with Gasteiger partial charge in [-0.3, -0.25) is 0 Å². The summed E-state index contributed by atoms with van der Waals surface area (Å²) < 4.78 is 0. The van der Waals surface area contributed by atoms with E-state index in [0.717, 1.165) is 12.2 Å². The molecule has 28 heavy (non-hydrogen) atoms. The number of pyridine rings is 1. The summed E-state index contributed by atoms with van der Waals surface area (Å²) in [6.45, 7) is 0. The van der Waals surface area contributed by atoms with E-state index < -0.39 is 0 Å². The number of rotatable bonds is 2. The molecular formula is C25H19N3. The summed E-state index contributed by atoms with van der Waals surface area (Å²) >= 11 is 0. The van der Waals surface area contributed by atoms with Crippen LogP contribution in [0, 0.1) is 0 Å². The maximum Gasteiger partial charge on any atom is 0.158 e. The fourth-order valence-electron chi connectivity index (χ4n) is 4.59. The van der Waals surface area contributed by atoms with Crippen LogP contribution in [0.25, 0.3) is 11.1 Å². The van der Waals surface area contributed by atoms with Crippen LogP contribution >= 0.6 is 0 Å². The van der Waals surface area contributed by atoms with E-state index in [1.807, 2.05) is 12.3 Å². The normalized spacial score (nSPS) is 16.6. The maximum absolute atomic E-state index is 4.76. The Hall–Kier alpha value is -3.59. The molecular weight excluding hydrogens is 342 g/mol. The lowest BCUT2D eigenvalue weighted by atomic mass is 10.0. The summed E-state index contributed by atoms with van der Waals surface area (Å²) in [5.41, 5.74) is 7.53. The molecule has 0 N–H and O–H groups in total. The van der Waals surface area contributed by atoms with Gasteiger partial charge in [0.25, 0.3) is 0 Å². The fraction of sp³-hybridized carbons (Fsp3) is 0.0800. The average Bonchev–Trinajstić information content (AvgIpc) is 3.29. The SMILES string of the molecule is c1ccc(-c2ccccc2N2c3cccnc3N3c4ccccc4CC23)cc1. The van der Waals surface area contributed by atoms with Crippen molar-refractivity contribution in [3.63, 3.8) is 0 Å². The molecule has 6 rings (SSSR count). The molecule has 4 aromatic rings. The molecule has 0 fully saturated rings. The van der Waals surface area contributed by atoms with Crippen LogP contribution in [0.15, 0.2) is 97.2 Å². The quantitative estimate of drug-likeness (QED) is 0.442. The van der Waals surface area contributed by atoms with Crippen molar-refractivity contribution in [1.29, 1.82) is 0 Å². The van der Waals surface area contributed by atoms with Crippen LogP contribution in [-0.2, 0) is 6.42 Å². The molecule has 0 radical (unpaired) electrons. The van der Waals surface area contributed by atoms with Crippen LogP contribution in [0.3, 0.4) is 0 Å². The van der Waals surface area contributed by atoms with Gasteiger partial charge < -0.3 is 9.80 Å². The Morgan fingerprint density at radius 3 is 2.25 bits per heavy atom. The van der Waals surface area contributed by atoms with Gasteiger partial charge in [0, 0.05) is 23.9 Å². The highest BCUT2D eigenvalue weighted by Gasteiger charge is 2.44. The lowest BCUT2D eigenvalue weighted by molar-refractivity contribution is 0.727. The van der Waals surface area contributed by atoms with Crippen LogP contribution in [0.1, 0.15) is 5.56 Å². The third kappa shape index (κ3) is 2.13. The lowest BCUT2D eigenvalue weighted by Crippen LogP contribution is -2.36. The molecule has 3 nitrogen and oxygen atoms in total. The Balaban J connectivity index is 1.57. The van der Waals surface area contributed by atoms with Crippen molar-refractivity contribution in [2.24, 2.45) is 0 Å². The smallest absolute Gasteiger partial charge is 0.158 e. The highest BCUT2D eigenvalue weighted by atomic mass is 15.5. The number of nitrogens with zero attached hydrogens (tertiary/aromatic N) is 3. The monoisotopic (exact) mass is 361 g/mol. The second kappa shape index (κ2) is 5.96. The van der Waals surface area contributed by atoms with Gasteiger partial charge in [-0.05, 0) is 35.4 Å². The first-order valence-electron chi connectivity index (χ1n) is 9.68. The summed E-state index contributed by atoms with van der Waals surface area (Å²) in [5, 5.41) is 0. The van der Waals surface area contributed by atoms with Crippen LogP contribution in [0.5, 0.6) is 0 Å². The molecule has 2 aliphatic heterocycles. The molecule has 3 aromatic carbocycles. The zero-order chi connectivity index (χ0) is 18.5. The zero-order valence-corrected chi connectivity index (χ0v) is 15.4. The molecule has 1 atom stereocenters. The number of hydrogen-bond acceptors (Lipinski definition) is 3. The molecule has 0 spiro atoms. The summed E-state index contributed by atoms with van der Waals surface area (Å²) in [7, 11) is 0. The predicted molar refractivity (Wildman–Crippen MR) is 114 cm³/mol. The zero-order valence-electron chi connectivity index (χ0n) is 15.4. The van der Waals surface area contributed by atoms with Gasteiger partial charge in [0.15, 0.2) is 5.82 Å². The second-order valence-corrected chi connectivity index (χ2v) is 7.28. The van der Waals surface area contributed by atoms with E-state index in [1.165, 1.54) is 33.8 Å². The minimum absolute atomic E-state index is 0.215. The molecule has 134 valence electrons. The van der Waals surface area contributed by atoms with E-state index in [-0.39, 0.29) is 6.17 Å². The van der Waals surface area contributed by atoms with E-state index in [4.69, 9.17) is 4.98 Å². The topological polar surface area (TPSA) is 19.4 Å². The molecule has 0 saturated carbocycles. The summed E-state index contributed by atoms with van der Waals surface area (Å²) in [6.07, 6.45) is 3.09. The number of hydrogen-bond donors (Lipinski definition) is 0. The Labute approximate surface area is 164 Å². The van der Waals surface area contributed by atoms with E-state index in [2.05, 4.69) is 94.7 Å². The van der Waals surface area contributed by atoms with Crippen LogP contribution in [-0.4, -0.2) is 11.1 Å². The van der Waals surface area contributed by atoms with Gasteiger partial charge in [-0.15, -0.1) is 0 Å². The fourth-order valence-corrected chi connectivity index (χ4v) is 4.59. The lowest BCUT2D eigenvalue weighted by Gasteiger charge is -2.29.